The van der Waals surface area contributed by atoms with Crippen LogP contribution < -0.4 is 10.4 Å². The molecule has 0 aliphatic carbocycles. The molecule has 9 nitrogen and oxygen atoms in total. The van der Waals surface area contributed by atoms with Gasteiger partial charge < -0.3 is 28.5 Å². The lowest BCUT2D eigenvalue weighted by atomic mass is 9.83. The molecule has 3 aliphatic rings. The highest BCUT2D eigenvalue weighted by Crippen LogP contribution is 2.48. The van der Waals surface area contributed by atoms with Crippen molar-refractivity contribution in [2.75, 3.05) is 13.4 Å². The molecule has 61 heavy (non-hydrogen) atoms. The predicted octanol–water partition coefficient (Wildman–Crippen LogP) is 8.65. The highest BCUT2D eigenvalue weighted by Gasteiger charge is 2.53. The second kappa shape index (κ2) is 18.3. The van der Waals surface area contributed by atoms with E-state index in [9.17, 15) is 14.4 Å². The number of aliphatic hydroxyl groups is 1. The van der Waals surface area contributed by atoms with E-state index in [0.29, 0.717) is 53.5 Å². The summed E-state index contributed by atoms with van der Waals surface area (Å²) in [6.07, 6.45) is 2.69. The van der Waals surface area contributed by atoms with E-state index < -0.39 is 42.2 Å². The van der Waals surface area contributed by atoms with Crippen molar-refractivity contribution in [3.05, 3.63) is 157 Å². The Bertz CT molecular complexity index is 2590. The van der Waals surface area contributed by atoms with Gasteiger partial charge in [-0.3, -0.25) is 4.79 Å². The highest BCUT2D eigenvalue weighted by molar-refractivity contribution is 5.90. The average Bonchev–Trinajstić information content (AvgIpc) is 3.23. The molecule has 0 radical (unpaired) electrons. The Balaban J connectivity index is 1.22. The Kier molecular flexibility index (Phi) is 12.6. The van der Waals surface area contributed by atoms with Gasteiger partial charge in [-0.15, -0.1) is 0 Å². The van der Waals surface area contributed by atoms with E-state index in [4.69, 9.17) is 28.5 Å². The fourth-order valence-electron chi connectivity index (χ4n) is 8.95. The van der Waals surface area contributed by atoms with Gasteiger partial charge in [0.15, 0.2) is 17.8 Å². The van der Waals surface area contributed by atoms with Crippen molar-refractivity contribution in [2.45, 2.75) is 103 Å². The van der Waals surface area contributed by atoms with Crippen LogP contribution in [0.1, 0.15) is 97.1 Å². The first kappa shape index (κ1) is 41.8. The number of ether oxygens (including phenoxy) is 4. The molecule has 0 spiro atoms. The van der Waals surface area contributed by atoms with Gasteiger partial charge in [-0.1, -0.05) is 90.2 Å². The number of carbonyl (C=O) groups is 2. The van der Waals surface area contributed by atoms with Crippen molar-refractivity contribution in [3.63, 3.8) is 0 Å². The quantitative estimate of drug-likeness (QED) is 0.0389. The van der Waals surface area contributed by atoms with Gasteiger partial charge in [0.25, 0.3) is 0 Å². The number of hydrogen-bond acceptors (Lipinski definition) is 9. The van der Waals surface area contributed by atoms with E-state index in [1.165, 1.54) is 16.7 Å². The van der Waals surface area contributed by atoms with E-state index >= 15 is 0 Å². The third kappa shape index (κ3) is 9.52. The third-order valence-corrected chi connectivity index (χ3v) is 12.3. The lowest BCUT2D eigenvalue weighted by Crippen LogP contribution is -2.54. The van der Waals surface area contributed by atoms with Gasteiger partial charge in [0.1, 0.15) is 18.1 Å². The van der Waals surface area contributed by atoms with Gasteiger partial charge in [-0.25, -0.2) is 9.59 Å². The Morgan fingerprint density at radius 3 is 2.48 bits per heavy atom. The van der Waals surface area contributed by atoms with Gasteiger partial charge in [0.05, 0.1) is 18.6 Å². The van der Waals surface area contributed by atoms with E-state index in [0.717, 1.165) is 41.5 Å². The van der Waals surface area contributed by atoms with Crippen LogP contribution in [0.3, 0.4) is 0 Å². The monoisotopic (exact) mass is 820 g/mol. The van der Waals surface area contributed by atoms with Crippen molar-refractivity contribution in [3.8, 4) is 17.6 Å². The summed E-state index contributed by atoms with van der Waals surface area (Å²) >= 11 is 0. The number of esters is 2. The first-order chi connectivity index (χ1) is 29.6. The zero-order valence-corrected chi connectivity index (χ0v) is 35.1. The molecule has 4 aromatic carbocycles. The van der Waals surface area contributed by atoms with Gasteiger partial charge >= 0.3 is 17.6 Å². The minimum atomic E-state index is -1.26. The lowest BCUT2D eigenvalue weighted by molar-refractivity contribution is -0.190. The number of aryl methyl sites for hydroxylation is 2. The summed E-state index contributed by atoms with van der Waals surface area (Å²) in [5.74, 6) is 6.02. The Morgan fingerprint density at radius 1 is 0.836 bits per heavy atom. The summed E-state index contributed by atoms with van der Waals surface area (Å²) in [6, 6.07) is 30.8. The van der Waals surface area contributed by atoms with Crippen molar-refractivity contribution >= 4 is 22.9 Å². The van der Waals surface area contributed by atoms with Crippen LogP contribution in [0, 0.1) is 17.8 Å². The normalized spacial score (nSPS) is 21.2. The summed E-state index contributed by atoms with van der Waals surface area (Å²) in [5.41, 5.74) is 7.39. The molecule has 1 N–H and O–H groups in total. The van der Waals surface area contributed by atoms with Crippen molar-refractivity contribution in [1.82, 2.24) is 0 Å². The molecule has 3 aliphatic heterocycles. The molecule has 8 rings (SSSR count). The minimum Gasteiger partial charge on any atom is -0.482 e. The van der Waals surface area contributed by atoms with Gasteiger partial charge in [0.2, 0.25) is 0 Å². The second-order valence-corrected chi connectivity index (χ2v) is 17.0. The molecule has 314 valence electrons. The minimum absolute atomic E-state index is 0.100. The van der Waals surface area contributed by atoms with Crippen LogP contribution in [-0.2, 0) is 62.3 Å². The average molecular weight is 821 g/mol. The molecule has 0 saturated heterocycles. The standard InChI is InChI=1S/C52H52O9/c1-33(2)43-21-18-36-17-19-40-29-38(16-15-35-12-9-13-37(27-35)26-34-10-5-4-6-11-34)30-45(54)58-48-46-44(22-20-41-31-42(23-25-57-32-53)50(55)59-47(41)46)61-52(3,49(48)60-51(43)56)24-8-7-14-39(40)28-36/h4-6,9-13,17,19-20,22,27-28,31,38,48-49,53H,14-16,18,21,23-26,29-30,32H2,1-3H3/t38-,48-,49+,52-/m1/s1. The first-order valence-electron chi connectivity index (χ1n) is 21.3. The summed E-state index contributed by atoms with van der Waals surface area (Å²) in [4.78, 5) is 42.5. The molecule has 9 heteroatoms. The number of rotatable bonds is 9. The van der Waals surface area contributed by atoms with Crippen molar-refractivity contribution in [1.29, 1.82) is 0 Å². The molecule has 5 bridgehead atoms. The van der Waals surface area contributed by atoms with E-state index in [-0.39, 0.29) is 37.4 Å². The molecule has 0 unspecified atom stereocenters. The van der Waals surface area contributed by atoms with Gasteiger partial charge in [0, 0.05) is 35.8 Å². The van der Waals surface area contributed by atoms with Crippen LogP contribution in [0.2, 0.25) is 0 Å². The van der Waals surface area contributed by atoms with E-state index in [2.05, 4.69) is 78.6 Å². The van der Waals surface area contributed by atoms with Crippen molar-refractivity contribution in [2.24, 2.45) is 5.92 Å². The summed E-state index contributed by atoms with van der Waals surface area (Å²) < 4.78 is 31.0. The predicted molar refractivity (Wildman–Crippen MR) is 232 cm³/mol. The topological polar surface area (TPSA) is 122 Å². The molecule has 1 aromatic heterocycles. The molecular weight excluding hydrogens is 769 g/mol. The van der Waals surface area contributed by atoms with Crippen LogP contribution >= 0.6 is 0 Å². The third-order valence-electron chi connectivity index (χ3n) is 12.3. The lowest BCUT2D eigenvalue weighted by Gasteiger charge is -2.44. The highest BCUT2D eigenvalue weighted by atomic mass is 16.6. The maximum atomic E-state index is 14.6. The Morgan fingerprint density at radius 2 is 1.66 bits per heavy atom. The molecule has 0 saturated carbocycles. The number of allylic oxidation sites excluding steroid dienone is 1. The van der Waals surface area contributed by atoms with Gasteiger partial charge in [-0.2, -0.15) is 0 Å². The van der Waals surface area contributed by atoms with Crippen LogP contribution in [0.25, 0.3) is 11.0 Å². The Labute approximate surface area is 356 Å². The second-order valence-electron chi connectivity index (χ2n) is 17.0. The number of hydrogen-bond donors (Lipinski definition) is 1. The Hall–Kier alpha value is -5.95. The van der Waals surface area contributed by atoms with Crippen LogP contribution in [0.5, 0.6) is 5.75 Å². The van der Waals surface area contributed by atoms with Crippen molar-refractivity contribution < 1.29 is 38.1 Å². The van der Waals surface area contributed by atoms with Crippen LogP contribution in [0.4, 0.5) is 0 Å². The molecule has 4 atom stereocenters. The maximum Gasteiger partial charge on any atom is 0.339 e. The SMILES string of the molecule is CC(C)=C1CCc2ccc3c(c2)CC#CC[C@@]2(C)Oc4ccc5cc(CCOCO)c(=O)oc5c4[C@@H](OC(=O)C[C@H](CCc4cccc(Cc5ccccc5)c4)C3)[C@@H]2OC1=O. The summed E-state index contributed by atoms with van der Waals surface area (Å²) in [7, 11) is 0. The zero-order chi connectivity index (χ0) is 42.5. The molecule has 5 aromatic rings. The fourth-order valence-corrected chi connectivity index (χ4v) is 8.95. The largest absolute Gasteiger partial charge is 0.482 e. The number of fused-ring (bicyclic) bond motifs is 7. The van der Waals surface area contributed by atoms with Crippen LogP contribution in [0.15, 0.2) is 111 Å². The molecule has 0 fully saturated rings. The first-order valence-corrected chi connectivity index (χ1v) is 21.3. The molecule has 0 amide bonds. The maximum absolute atomic E-state index is 14.6. The molecular formula is C52H52O9. The van der Waals surface area contributed by atoms with E-state index in [1.807, 2.05) is 26.8 Å². The number of benzene rings is 4. The smallest absolute Gasteiger partial charge is 0.339 e. The summed E-state index contributed by atoms with van der Waals surface area (Å²) in [6.45, 7) is 5.27. The van der Waals surface area contributed by atoms with Gasteiger partial charge in [-0.05, 0) is 117 Å². The zero-order valence-electron chi connectivity index (χ0n) is 35.1. The van der Waals surface area contributed by atoms with Crippen LogP contribution in [-0.4, -0.2) is 42.1 Å². The summed E-state index contributed by atoms with van der Waals surface area (Å²) in [5, 5.41) is 9.70. The number of carbonyl (C=O) groups excluding carboxylic acids is 2. The number of aliphatic hydroxyl groups excluding tert-OH is 1. The fraction of sp³-hybridized carbons (Fsp3) is 0.365. The van der Waals surface area contributed by atoms with E-state index in [1.54, 1.807) is 18.2 Å². The molecule has 4 heterocycles.